The predicted molar refractivity (Wildman–Crippen MR) is 53.8 cm³/mol. The van der Waals surface area contributed by atoms with E-state index in [2.05, 4.69) is 45.5 Å². The Hall–Kier alpha value is 0.0900. The van der Waals surface area contributed by atoms with Crippen LogP contribution in [0.3, 0.4) is 0 Å². The van der Waals surface area contributed by atoms with E-state index in [9.17, 15) is 0 Å². The molecule has 0 radical (unpaired) electrons. The van der Waals surface area contributed by atoms with Gasteiger partial charge in [0.1, 0.15) is 0 Å². The molecule has 0 saturated carbocycles. The largest absolute Gasteiger partial charge is 0.127 e. The first-order chi connectivity index (χ1) is 5.15. The third-order valence-electron chi connectivity index (χ3n) is 2.54. The van der Waals surface area contributed by atoms with Gasteiger partial charge in [-0.1, -0.05) is 33.3 Å². The normalized spacial score (nSPS) is 33.6. The summed E-state index contributed by atoms with van der Waals surface area (Å²) in [6, 6.07) is 0. The zero-order chi connectivity index (χ0) is 8.43. The van der Waals surface area contributed by atoms with E-state index in [1.807, 2.05) is 0 Å². The van der Waals surface area contributed by atoms with Gasteiger partial charge in [0, 0.05) is 5.25 Å². The molecule has 0 aromatic rings. The SMILES string of the molecule is CCC(C)C1SC(C)=CC1C. The molecule has 1 aliphatic rings. The van der Waals surface area contributed by atoms with E-state index < -0.39 is 0 Å². The smallest absolute Gasteiger partial charge is 0.0177 e. The molecule has 0 aromatic heterocycles. The molecular formula is C10H18S. The highest BCUT2D eigenvalue weighted by Gasteiger charge is 2.26. The minimum atomic E-state index is 0.787. The summed E-state index contributed by atoms with van der Waals surface area (Å²) < 4.78 is 0. The average Bonchev–Trinajstić information content (AvgIpc) is 2.28. The Morgan fingerprint density at radius 3 is 2.64 bits per heavy atom. The Morgan fingerprint density at radius 2 is 2.27 bits per heavy atom. The summed E-state index contributed by atoms with van der Waals surface area (Å²) in [6.07, 6.45) is 3.71. The van der Waals surface area contributed by atoms with E-state index >= 15 is 0 Å². The molecule has 0 aliphatic carbocycles. The van der Waals surface area contributed by atoms with Crippen LogP contribution in [0.1, 0.15) is 34.1 Å². The maximum absolute atomic E-state index is 2.40. The van der Waals surface area contributed by atoms with E-state index in [1.165, 1.54) is 11.3 Å². The van der Waals surface area contributed by atoms with Crippen LogP contribution < -0.4 is 0 Å². The number of allylic oxidation sites excluding steroid dienone is 2. The first-order valence-corrected chi connectivity index (χ1v) is 5.38. The molecule has 11 heavy (non-hydrogen) atoms. The van der Waals surface area contributed by atoms with Gasteiger partial charge in [-0.05, 0) is 23.7 Å². The zero-order valence-corrected chi connectivity index (χ0v) is 8.74. The topological polar surface area (TPSA) is 0 Å². The minimum absolute atomic E-state index is 0.787. The maximum atomic E-state index is 2.40. The molecule has 0 spiro atoms. The lowest BCUT2D eigenvalue weighted by atomic mass is 9.95. The van der Waals surface area contributed by atoms with Crippen LogP contribution >= 0.6 is 11.8 Å². The summed E-state index contributed by atoms with van der Waals surface area (Å²) in [6.45, 7) is 9.20. The third-order valence-corrected chi connectivity index (χ3v) is 4.22. The summed E-state index contributed by atoms with van der Waals surface area (Å²) in [5.41, 5.74) is 0. The van der Waals surface area contributed by atoms with Crippen molar-refractivity contribution in [1.29, 1.82) is 0 Å². The van der Waals surface area contributed by atoms with Crippen molar-refractivity contribution in [2.45, 2.75) is 39.4 Å². The zero-order valence-electron chi connectivity index (χ0n) is 7.92. The summed E-state index contributed by atoms with van der Waals surface area (Å²) in [5.74, 6) is 1.65. The van der Waals surface area contributed by atoms with Crippen molar-refractivity contribution in [2.75, 3.05) is 0 Å². The van der Waals surface area contributed by atoms with E-state index in [0.29, 0.717) is 0 Å². The lowest BCUT2D eigenvalue weighted by molar-refractivity contribution is 0.477. The van der Waals surface area contributed by atoms with Crippen molar-refractivity contribution in [3.05, 3.63) is 11.0 Å². The summed E-state index contributed by atoms with van der Waals surface area (Å²) in [5, 5.41) is 0.847. The second-order valence-electron chi connectivity index (χ2n) is 3.60. The van der Waals surface area contributed by atoms with Crippen molar-refractivity contribution in [3.8, 4) is 0 Å². The number of hydrogen-bond acceptors (Lipinski definition) is 1. The van der Waals surface area contributed by atoms with Crippen LogP contribution in [-0.2, 0) is 0 Å². The van der Waals surface area contributed by atoms with Crippen molar-refractivity contribution in [1.82, 2.24) is 0 Å². The Balaban J connectivity index is 2.52. The van der Waals surface area contributed by atoms with Crippen molar-refractivity contribution in [2.24, 2.45) is 11.8 Å². The fraction of sp³-hybridized carbons (Fsp3) is 0.800. The molecule has 0 N–H and O–H groups in total. The van der Waals surface area contributed by atoms with Gasteiger partial charge in [-0.3, -0.25) is 0 Å². The van der Waals surface area contributed by atoms with Crippen LogP contribution in [-0.4, -0.2) is 5.25 Å². The molecule has 0 saturated heterocycles. The molecule has 0 aromatic carbocycles. The first kappa shape index (κ1) is 9.18. The Labute approximate surface area is 74.5 Å². The van der Waals surface area contributed by atoms with Gasteiger partial charge < -0.3 is 0 Å². The fourth-order valence-electron chi connectivity index (χ4n) is 1.69. The molecule has 64 valence electrons. The average molecular weight is 170 g/mol. The van der Waals surface area contributed by atoms with Crippen LogP contribution in [0.4, 0.5) is 0 Å². The molecule has 0 nitrogen and oxygen atoms in total. The molecule has 0 bridgehead atoms. The molecule has 1 heterocycles. The van der Waals surface area contributed by atoms with Gasteiger partial charge in [0.15, 0.2) is 0 Å². The van der Waals surface area contributed by atoms with Gasteiger partial charge in [0.2, 0.25) is 0 Å². The second-order valence-corrected chi connectivity index (χ2v) is 5.03. The summed E-state index contributed by atoms with van der Waals surface area (Å²) in [7, 11) is 0. The highest BCUT2D eigenvalue weighted by molar-refractivity contribution is 8.03. The summed E-state index contributed by atoms with van der Waals surface area (Å²) >= 11 is 2.07. The van der Waals surface area contributed by atoms with Crippen molar-refractivity contribution in [3.63, 3.8) is 0 Å². The monoisotopic (exact) mass is 170 g/mol. The molecule has 1 aliphatic heterocycles. The van der Waals surface area contributed by atoms with E-state index in [4.69, 9.17) is 0 Å². The Kier molecular flexibility index (Phi) is 3.06. The first-order valence-electron chi connectivity index (χ1n) is 4.50. The van der Waals surface area contributed by atoms with E-state index in [-0.39, 0.29) is 0 Å². The standard InChI is InChI=1S/C10H18S/c1-5-7(2)10-8(3)6-9(4)11-10/h6-8,10H,5H2,1-4H3. The minimum Gasteiger partial charge on any atom is -0.127 e. The Morgan fingerprint density at radius 1 is 1.64 bits per heavy atom. The lowest BCUT2D eigenvalue weighted by Crippen LogP contribution is -2.17. The van der Waals surface area contributed by atoms with Gasteiger partial charge in [0.25, 0.3) is 0 Å². The summed E-state index contributed by atoms with van der Waals surface area (Å²) in [4.78, 5) is 1.52. The lowest BCUT2D eigenvalue weighted by Gasteiger charge is -2.20. The predicted octanol–water partition coefficient (Wildman–Crippen LogP) is 3.69. The van der Waals surface area contributed by atoms with E-state index in [0.717, 1.165) is 17.1 Å². The quantitative estimate of drug-likeness (QED) is 0.609. The van der Waals surface area contributed by atoms with Gasteiger partial charge in [-0.15, -0.1) is 11.8 Å². The fourth-order valence-corrected chi connectivity index (χ4v) is 3.13. The molecule has 0 fully saturated rings. The molecule has 1 heteroatoms. The van der Waals surface area contributed by atoms with E-state index in [1.54, 1.807) is 0 Å². The van der Waals surface area contributed by atoms with Gasteiger partial charge in [0.05, 0.1) is 0 Å². The number of rotatable bonds is 2. The molecule has 1 rings (SSSR count). The molecule has 3 atom stereocenters. The Bertz CT molecular complexity index is 160. The van der Waals surface area contributed by atoms with Gasteiger partial charge >= 0.3 is 0 Å². The highest BCUT2D eigenvalue weighted by Crippen LogP contribution is 2.40. The molecule has 3 unspecified atom stereocenters. The number of hydrogen-bond donors (Lipinski definition) is 0. The van der Waals surface area contributed by atoms with Gasteiger partial charge in [-0.2, -0.15) is 0 Å². The van der Waals surface area contributed by atoms with Crippen molar-refractivity contribution >= 4 is 11.8 Å². The highest BCUT2D eigenvalue weighted by atomic mass is 32.2. The molecular weight excluding hydrogens is 152 g/mol. The van der Waals surface area contributed by atoms with Crippen LogP contribution in [0.2, 0.25) is 0 Å². The van der Waals surface area contributed by atoms with Crippen LogP contribution in [0.15, 0.2) is 11.0 Å². The van der Waals surface area contributed by atoms with Crippen molar-refractivity contribution < 1.29 is 0 Å². The van der Waals surface area contributed by atoms with Crippen LogP contribution in [0, 0.1) is 11.8 Å². The maximum Gasteiger partial charge on any atom is 0.0177 e. The van der Waals surface area contributed by atoms with Crippen LogP contribution in [0.5, 0.6) is 0 Å². The second kappa shape index (κ2) is 3.66. The molecule has 0 amide bonds. The van der Waals surface area contributed by atoms with Gasteiger partial charge in [-0.25, -0.2) is 0 Å². The third kappa shape index (κ3) is 2.02. The van der Waals surface area contributed by atoms with Crippen LogP contribution in [0.25, 0.3) is 0 Å². The number of thioether (sulfide) groups is 1.